The van der Waals surface area contributed by atoms with Crippen molar-refractivity contribution >= 4 is 49.7 Å². The molecule has 0 N–H and O–H groups in total. The summed E-state index contributed by atoms with van der Waals surface area (Å²) in [6.07, 6.45) is -3.61. The fraction of sp³-hybridized carbons (Fsp3) is 0.0769. The monoisotopic (exact) mass is 956 g/mol. The first kappa shape index (κ1) is 48.5. The molecule has 0 unspecified atom stereocenters. The Balaban J connectivity index is 0.000000345. The highest BCUT2D eigenvalue weighted by molar-refractivity contribution is 8.00. The molecule has 0 bridgehead atoms. The van der Waals surface area contributed by atoms with Gasteiger partial charge in [-0.05, 0) is 24.3 Å². The topological polar surface area (TPSA) is 17.1 Å². The maximum absolute atomic E-state index is 15.4. The molecule has 6 aromatic rings. The maximum Gasteiger partial charge on any atom is 0.200 e. The molecule has 1 nitrogen and oxygen atoms in total. The molecule has 0 aliphatic carbocycles. The van der Waals surface area contributed by atoms with Gasteiger partial charge in [0.15, 0.2) is 69.8 Å². The summed E-state index contributed by atoms with van der Waals surface area (Å²) in [6.45, 7) is 0. The van der Waals surface area contributed by atoms with Crippen LogP contribution >= 0.6 is 11.8 Å². The largest absolute Gasteiger partial charge is 0.207 e. The lowest BCUT2D eigenvalue weighted by Crippen LogP contribution is -2.81. The van der Waals surface area contributed by atoms with Crippen molar-refractivity contribution in [3.05, 3.63) is 177 Å². The third kappa shape index (κ3) is 8.38. The van der Waals surface area contributed by atoms with Gasteiger partial charge in [-0.15, -0.1) is 26.1 Å². The Morgan fingerprint density at radius 1 is 0.349 bits per heavy atom. The maximum atomic E-state index is 15.4. The van der Waals surface area contributed by atoms with Gasteiger partial charge in [0.05, 0.1) is 9.93 Å². The Labute approximate surface area is 345 Å². The van der Waals surface area contributed by atoms with Crippen LogP contribution in [0.5, 0.6) is 0 Å². The molecule has 0 spiro atoms. The van der Waals surface area contributed by atoms with Crippen molar-refractivity contribution < 1.29 is 92.0 Å². The van der Waals surface area contributed by atoms with Crippen molar-refractivity contribution in [3.63, 3.8) is 0 Å². The predicted molar refractivity (Wildman–Crippen MR) is 190 cm³/mol. The van der Waals surface area contributed by atoms with Crippen molar-refractivity contribution in [2.75, 3.05) is 12.5 Å². The average Bonchev–Trinajstić information content (AvgIpc) is 3.24. The van der Waals surface area contributed by atoms with Crippen LogP contribution in [-0.2, 0) is 19.9 Å². The fourth-order valence-electron chi connectivity index (χ4n) is 6.55. The lowest BCUT2D eigenvalue weighted by molar-refractivity contribution is 0.378. The Morgan fingerprint density at radius 2 is 0.571 bits per heavy atom. The molecule has 0 amide bonds. The van der Waals surface area contributed by atoms with Crippen LogP contribution in [0.15, 0.2) is 64.4 Å². The van der Waals surface area contributed by atoms with Crippen LogP contribution in [0.25, 0.3) is 0 Å². The van der Waals surface area contributed by atoms with Gasteiger partial charge >= 0.3 is 0 Å². The van der Waals surface area contributed by atoms with E-state index in [1.807, 2.05) is 18.2 Å². The van der Waals surface area contributed by atoms with E-state index >= 15 is 35.1 Å². The minimum absolute atomic E-state index is 0.656. The van der Waals surface area contributed by atoms with E-state index < -0.39 is 154 Å². The SMILES string of the molecule is C[S+](C)(=O)Cc1ccc(Sc2ccccc2)cc1.Fc1c(F)c(F)c([B-](c2c(F)c(F)c(F)c(F)c2F)(c2c(F)c(F)c(F)c(F)c2F)c2c(F)c(F)c(F)c(F)c2F)c(F)c1F. The summed E-state index contributed by atoms with van der Waals surface area (Å²) in [6, 6.07) is 18.6. The summed E-state index contributed by atoms with van der Waals surface area (Å²) in [5.41, 5.74) is -13.2. The molecular formula is C39H17BF20OS2. The molecule has 0 fully saturated rings. The summed E-state index contributed by atoms with van der Waals surface area (Å²) in [4.78, 5) is 2.45. The first-order chi connectivity index (χ1) is 29.2. The minimum atomic E-state index is -7.22. The predicted octanol–water partition coefficient (Wildman–Crippen LogP) is 9.94. The Hall–Kier alpha value is -5.52. The van der Waals surface area contributed by atoms with Crippen molar-refractivity contribution in [2.45, 2.75) is 15.5 Å². The molecule has 0 radical (unpaired) electrons. The van der Waals surface area contributed by atoms with Gasteiger partial charge in [-0.2, -0.15) is 0 Å². The zero-order chi connectivity index (χ0) is 47.4. The van der Waals surface area contributed by atoms with E-state index in [2.05, 4.69) is 36.4 Å². The molecule has 0 aliphatic rings. The van der Waals surface area contributed by atoms with Gasteiger partial charge in [0.1, 0.15) is 70.9 Å². The molecule has 0 saturated carbocycles. The first-order valence-corrected chi connectivity index (χ1v) is 20.1. The number of hydrogen-bond donors (Lipinski definition) is 0. The van der Waals surface area contributed by atoms with Gasteiger partial charge in [0.25, 0.3) is 0 Å². The zero-order valence-electron chi connectivity index (χ0n) is 30.8. The van der Waals surface area contributed by atoms with E-state index in [4.69, 9.17) is 0 Å². The third-order valence-corrected chi connectivity index (χ3v) is 11.2. The van der Waals surface area contributed by atoms with E-state index in [1.54, 1.807) is 24.3 Å². The quantitative estimate of drug-likeness (QED) is 0.0497. The molecule has 0 atom stereocenters. The Bertz CT molecular complexity index is 2450. The summed E-state index contributed by atoms with van der Waals surface area (Å²) < 4.78 is 306. The van der Waals surface area contributed by atoms with Crippen LogP contribution in [-0.4, -0.2) is 18.7 Å². The highest BCUT2D eigenvalue weighted by atomic mass is 32.2. The highest BCUT2D eigenvalue weighted by Gasteiger charge is 2.52. The smallest absolute Gasteiger partial charge is 0.200 e. The number of benzene rings is 6. The summed E-state index contributed by atoms with van der Waals surface area (Å²) >= 11 is 1.74. The van der Waals surface area contributed by atoms with Crippen molar-refractivity contribution in [2.24, 2.45) is 0 Å². The molecule has 334 valence electrons. The molecule has 6 rings (SSSR count). The van der Waals surface area contributed by atoms with Crippen LogP contribution in [0.3, 0.4) is 0 Å². The second-order valence-electron chi connectivity index (χ2n) is 13.4. The van der Waals surface area contributed by atoms with Gasteiger partial charge in [0, 0.05) is 15.4 Å². The lowest BCUT2D eigenvalue weighted by Gasteiger charge is -2.44. The van der Waals surface area contributed by atoms with Crippen molar-refractivity contribution in [3.8, 4) is 0 Å². The van der Waals surface area contributed by atoms with Gasteiger partial charge in [-0.1, -0.05) is 42.1 Å². The number of halogens is 20. The second kappa shape index (κ2) is 17.9. The molecular weight excluding hydrogens is 939 g/mol. The number of rotatable bonds is 8. The van der Waals surface area contributed by atoms with Crippen LogP contribution in [0, 0.1) is 116 Å². The molecule has 0 aliphatic heterocycles. The molecule has 63 heavy (non-hydrogen) atoms. The zero-order valence-corrected chi connectivity index (χ0v) is 32.4. The molecule has 24 heteroatoms. The van der Waals surface area contributed by atoms with E-state index in [1.165, 1.54) is 9.79 Å². The molecule has 0 heterocycles. The van der Waals surface area contributed by atoms with E-state index in [9.17, 15) is 56.9 Å². The van der Waals surface area contributed by atoms with Gasteiger partial charge in [-0.3, -0.25) is 0 Å². The molecule has 0 saturated heterocycles. The van der Waals surface area contributed by atoms with Crippen LogP contribution in [0.1, 0.15) is 5.56 Å². The third-order valence-electron chi connectivity index (χ3n) is 9.12. The van der Waals surface area contributed by atoms with Crippen molar-refractivity contribution in [1.82, 2.24) is 0 Å². The molecule has 6 aromatic carbocycles. The average molecular weight is 956 g/mol. The van der Waals surface area contributed by atoms with Crippen LogP contribution in [0.2, 0.25) is 0 Å². The molecule has 0 aromatic heterocycles. The van der Waals surface area contributed by atoms with Crippen molar-refractivity contribution in [1.29, 1.82) is 0 Å². The summed E-state index contributed by atoms with van der Waals surface area (Å²) in [7, 11) is -1.71. The van der Waals surface area contributed by atoms with E-state index in [0.29, 0.717) is 5.75 Å². The van der Waals surface area contributed by atoms with Crippen LogP contribution < -0.4 is 21.9 Å². The van der Waals surface area contributed by atoms with E-state index in [-0.39, 0.29) is 0 Å². The Morgan fingerprint density at radius 3 is 0.810 bits per heavy atom. The number of hydrogen-bond acceptors (Lipinski definition) is 2. The minimum Gasteiger partial charge on any atom is -0.207 e. The summed E-state index contributed by atoms with van der Waals surface area (Å²) in [5, 5.41) is 0. The van der Waals surface area contributed by atoms with Crippen LogP contribution in [0.4, 0.5) is 87.8 Å². The normalized spacial score (nSPS) is 11.8. The fourth-order valence-corrected chi connectivity index (χ4v) is 8.39. The van der Waals surface area contributed by atoms with Gasteiger partial charge < -0.3 is 0 Å². The highest BCUT2D eigenvalue weighted by Crippen LogP contribution is 2.31. The standard InChI is InChI=1S/C24BF20.C15H17OS2/c26-5-1(6(27)14(35)21(42)13(5)34)25(2-7(28)15(36)22(43)16(37)8(2)29,3-9(30)17(38)23(44)18(39)10(3)31)4-11(32)19(40)24(45)20(41)12(4)33;1-18(2,16)12-13-8-10-15(11-9-13)17-14-6-4-3-5-7-14/h;3-11H,12H2,1-2H3/q-1;+1. The second-order valence-corrected chi connectivity index (χ2v) is 17.7. The van der Waals surface area contributed by atoms with Gasteiger partial charge in [0.2, 0.25) is 0 Å². The first-order valence-electron chi connectivity index (χ1n) is 16.7. The van der Waals surface area contributed by atoms with E-state index in [0.717, 1.165) is 5.56 Å². The lowest BCUT2D eigenvalue weighted by atomic mass is 9.12. The Kier molecular flexibility index (Phi) is 13.8. The van der Waals surface area contributed by atoms with Gasteiger partial charge in [-0.25, -0.2) is 87.8 Å². The summed E-state index contributed by atoms with van der Waals surface area (Å²) in [5.74, 6) is -70.7.